The fourth-order valence-corrected chi connectivity index (χ4v) is 3.19. The Labute approximate surface area is 180 Å². The summed E-state index contributed by atoms with van der Waals surface area (Å²) in [6.45, 7) is 4.42. The molecule has 2 aromatic rings. The molecule has 31 heavy (non-hydrogen) atoms. The number of nitrogens with one attached hydrogen (secondary N) is 1. The number of benzene rings is 2. The van der Waals surface area contributed by atoms with Crippen LogP contribution in [0.2, 0.25) is 0 Å². The molecule has 1 heterocycles. The van der Waals surface area contributed by atoms with Crippen LogP contribution in [0.1, 0.15) is 63.3 Å². The third kappa shape index (κ3) is 5.06. The number of carbonyl (C=O) groups excluding carboxylic acids is 4. The number of imide groups is 1. The molecule has 0 fully saturated rings. The van der Waals surface area contributed by atoms with Gasteiger partial charge in [-0.1, -0.05) is 25.5 Å². The molecule has 0 saturated heterocycles. The zero-order chi connectivity index (χ0) is 22.4. The van der Waals surface area contributed by atoms with Gasteiger partial charge >= 0.3 is 5.97 Å². The van der Waals surface area contributed by atoms with Crippen molar-refractivity contribution in [3.63, 3.8) is 0 Å². The number of nitrogens with zero attached hydrogens (tertiary/aromatic N) is 1. The van der Waals surface area contributed by atoms with Gasteiger partial charge in [-0.25, -0.2) is 4.79 Å². The quantitative estimate of drug-likeness (QED) is 0.397. The Bertz CT molecular complexity index is 1040. The summed E-state index contributed by atoms with van der Waals surface area (Å²) in [5.41, 5.74) is 2.22. The second-order valence-electron chi connectivity index (χ2n) is 7.04. The van der Waals surface area contributed by atoms with Crippen molar-refractivity contribution in [2.75, 3.05) is 18.5 Å². The van der Waals surface area contributed by atoms with Crippen LogP contribution >= 0.6 is 0 Å². The van der Waals surface area contributed by atoms with Gasteiger partial charge in [-0.3, -0.25) is 19.3 Å². The van der Waals surface area contributed by atoms with Crippen molar-refractivity contribution in [1.82, 2.24) is 4.90 Å². The molecule has 0 aromatic heterocycles. The highest BCUT2D eigenvalue weighted by Crippen LogP contribution is 2.25. The summed E-state index contributed by atoms with van der Waals surface area (Å²) in [5.74, 6) is -1.48. The van der Waals surface area contributed by atoms with Crippen LogP contribution in [0.25, 0.3) is 6.08 Å². The standard InChI is InChI=1S/C24H24N2O5/c1-3-5-14-26-23(29)19-12-9-17(15-20(19)24(26)30)22(28)25-18-10-6-16(7-11-18)8-13-21(27)31-4-2/h6-13,15H,3-5,14H2,1-2H3,(H,25,28)/b13-8+. The Morgan fingerprint density at radius 1 is 1.00 bits per heavy atom. The van der Waals surface area contributed by atoms with E-state index < -0.39 is 5.97 Å². The fraction of sp³-hybridized carbons (Fsp3) is 0.250. The number of amides is 3. The molecule has 0 unspecified atom stereocenters. The third-order valence-electron chi connectivity index (χ3n) is 4.84. The summed E-state index contributed by atoms with van der Waals surface area (Å²) >= 11 is 0. The lowest BCUT2D eigenvalue weighted by Gasteiger charge is -2.12. The smallest absolute Gasteiger partial charge is 0.330 e. The Morgan fingerprint density at radius 2 is 1.71 bits per heavy atom. The molecular formula is C24H24N2O5. The fourth-order valence-electron chi connectivity index (χ4n) is 3.19. The minimum atomic E-state index is -0.419. The minimum absolute atomic E-state index is 0.258. The maximum atomic E-state index is 12.6. The lowest BCUT2D eigenvalue weighted by Crippen LogP contribution is -2.30. The highest BCUT2D eigenvalue weighted by atomic mass is 16.5. The number of ether oxygens (including phenoxy) is 1. The molecule has 1 aliphatic heterocycles. The number of hydrogen-bond donors (Lipinski definition) is 1. The number of carbonyl (C=O) groups is 4. The second kappa shape index (κ2) is 9.84. The molecule has 0 spiro atoms. The number of esters is 1. The summed E-state index contributed by atoms with van der Waals surface area (Å²) in [5, 5.41) is 2.77. The van der Waals surface area contributed by atoms with Crippen molar-refractivity contribution in [3.05, 3.63) is 70.8 Å². The average Bonchev–Trinajstić information content (AvgIpc) is 3.01. The topological polar surface area (TPSA) is 92.8 Å². The predicted molar refractivity (Wildman–Crippen MR) is 117 cm³/mol. The van der Waals surface area contributed by atoms with Crippen LogP contribution in [0.4, 0.5) is 5.69 Å². The molecule has 1 N–H and O–H groups in total. The van der Waals surface area contributed by atoms with E-state index in [9.17, 15) is 19.2 Å². The van der Waals surface area contributed by atoms with E-state index in [2.05, 4.69) is 5.32 Å². The van der Waals surface area contributed by atoms with E-state index in [1.54, 1.807) is 43.3 Å². The van der Waals surface area contributed by atoms with Crippen LogP contribution < -0.4 is 5.32 Å². The number of hydrogen-bond acceptors (Lipinski definition) is 5. The zero-order valence-corrected chi connectivity index (χ0v) is 17.5. The molecule has 7 heteroatoms. The predicted octanol–water partition coefficient (Wildman–Crippen LogP) is 3.91. The van der Waals surface area contributed by atoms with E-state index in [0.29, 0.717) is 30.0 Å². The Balaban J connectivity index is 1.68. The third-order valence-corrected chi connectivity index (χ3v) is 4.84. The molecule has 0 saturated carbocycles. The summed E-state index contributed by atoms with van der Waals surface area (Å²) < 4.78 is 4.83. The molecule has 0 aliphatic carbocycles. The lowest BCUT2D eigenvalue weighted by atomic mass is 10.1. The van der Waals surface area contributed by atoms with Crippen LogP contribution in [0.5, 0.6) is 0 Å². The number of fused-ring (bicyclic) bond motifs is 1. The Kier molecular flexibility index (Phi) is 6.97. The van der Waals surface area contributed by atoms with Crippen molar-refractivity contribution in [1.29, 1.82) is 0 Å². The summed E-state index contributed by atoms with van der Waals surface area (Å²) in [7, 11) is 0. The van der Waals surface area contributed by atoms with Crippen molar-refractivity contribution in [2.24, 2.45) is 0 Å². The van der Waals surface area contributed by atoms with Crippen molar-refractivity contribution in [3.8, 4) is 0 Å². The Morgan fingerprint density at radius 3 is 2.39 bits per heavy atom. The molecule has 0 radical (unpaired) electrons. The first kappa shape index (κ1) is 22.0. The van der Waals surface area contributed by atoms with Crippen LogP contribution in [-0.4, -0.2) is 41.7 Å². The molecule has 7 nitrogen and oxygen atoms in total. The SMILES string of the molecule is CCCCN1C(=O)c2ccc(C(=O)Nc3ccc(/C=C/C(=O)OCC)cc3)cc2C1=O. The summed E-state index contributed by atoms with van der Waals surface area (Å²) in [6.07, 6.45) is 4.57. The van der Waals surface area contributed by atoms with Gasteiger partial charge in [0.2, 0.25) is 0 Å². The van der Waals surface area contributed by atoms with E-state index in [4.69, 9.17) is 4.74 Å². The van der Waals surface area contributed by atoms with Gasteiger partial charge in [0.15, 0.2) is 0 Å². The van der Waals surface area contributed by atoms with Gasteiger partial charge in [0.1, 0.15) is 0 Å². The molecule has 3 amide bonds. The molecule has 0 atom stereocenters. The molecule has 1 aliphatic rings. The minimum Gasteiger partial charge on any atom is -0.463 e. The molecule has 2 aromatic carbocycles. The van der Waals surface area contributed by atoms with Gasteiger partial charge in [0.05, 0.1) is 17.7 Å². The number of anilines is 1. The monoisotopic (exact) mass is 420 g/mol. The summed E-state index contributed by atoms with van der Waals surface area (Å²) in [4.78, 5) is 50.2. The van der Waals surface area contributed by atoms with Crippen molar-refractivity contribution >= 4 is 35.5 Å². The van der Waals surface area contributed by atoms with Crippen LogP contribution in [0.15, 0.2) is 48.5 Å². The van der Waals surface area contributed by atoms with Gasteiger partial charge in [-0.05, 0) is 55.3 Å². The van der Waals surface area contributed by atoms with E-state index in [1.165, 1.54) is 23.1 Å². The highest BCUT2D eigenvalue weighted by molar-refractivity contribution is 6.22. The molecule has 0 bridgehead atoms. The van der Waals surface area contributed by atoms with Crippen molar-refractivity contribution in [2.45, 2.75) is 26.7 Å². The largest absolute Gasteiger partial charge is 0.463 e. The normalized spacial score (nSPS) is 12.9. The second-order valence-corrected chi connectivity index (χ2v) is 7.04. The Hall–Kier alpha value is -3.74. The van der Waals surface area contributed by atoms with Gasteiger partial charge in [0.25, 0.3) is 17.7 Å². The molecule has 160 valence electrons. The van der Waals surface area contributed by atoms with Crippen LogP contribution in [0, 0.1) is 0 Å². The van der Waals surface area contributed by atoms with E-state index in [1.807, 2.05) is 6.92 Å². The first-order chi connectivity index (χ1) is 14.9. The molecule has 3 rings (SSSR count). The van der Waals surface area contributed by atoms with E-state index in [0.717, 1.165) is 18.4 Å². The van der Waals surface area contributed by atoms with Gasteiger partial charge in [-0.2, -0.15) is 0 Å². The van der Waals surface area contributed by atoms with Crippen LogP contribution in [-0.2, 0) is 9.53 Å². The number of unbranched alkanes of at least 4 members (excludes halogenated alkanes) is 1. The highest BCUT2D eigenvalue weighted by Gasteiger charge is 2.35. The first-order valence-corrected chi connectivity index (χ1v) is 10.2. The van der Waals surface area contributed by atoms with Gasteiger partial charge in [-0.15, -0.1) is 0 Å². The zero-order valence-electron chi connectivity index (χ0n) is 17.5. The van der Waals surface area contributed by atoms with Crippen LogP contribution in [0.3, 0.4) is 0 Å². The van der Waals surface area contributed by atoms with E-state index in [-0.39, 0.29) is 23.3 Å². The van der Waals surface area contributed by atoms with Gasteiger partial charge in [0, 0.05) is 23.9 Å². The van der Waals surface area contributed by atoms with Crippen molar-refractivity contribution < 1.29 is 23.9 Å². The maximum absolute atomic E-state index is 12.6. The maximum Gasteiger partial charge on any atom is 0.330 e. The molecular weight excluding hydrogens is 396 g/mol. The average molecular weight is 420 g/mol. The summed E-state index contributed by atoms with van der Waals surface area (Å²) in [6, 6.07) is 11.4. The lowest BCUT2D eigenvalue weighted by molar-refractivity contribution is -0.137. The van der Waals surface area contributed by atoms with Gasteiger partial charge < -0.3 is 10.1 Å². The number of rotatable bonds is 8. The van der Waals surface area contributed by atoms with E-state index >= 15 is 0 Å². The first-order valence-electron chi connectivity index (χ1n) is 10.2.